The van der Waals surface area contributed by atoms with Crippen molar-refractivity contribution in [1.82, 2.24) is 16.0 Å². The average molecular weight is 225 g/mol. The van der Waals surface area contributed by atoms with Crippen molar-refractivity contribution in [1.29, 1.82) is 0 Å². The third kappa shape index (κ3) is 2.95. The summed E-state index contributed by atoms with van der Waals surface area (Å²) in [6.07, 6.45) is 4.43. The van der Waals surface area contributed by atoms with Gasteiger partial charge in [0, 0.05) is 18.6 Å². The molecule has 0 aliphatic carbocycles. The summed E-state index contributed by atoms with van der Waals surface area (Å²) in [6, 6.07) is 0.734. The van der Waals surface area contributed by atoms with E-state index in [0.717, 1.165) is 45.3 Å². The molecule has 3 N–H and O–H groups in total. The van der Waals surface area contributed by atoms with Crippen LogP contribution in [0.25, 0.3) is 0 Å². The molecule has 2 aliphatic rings. The van der Waals surface area contributed by atoms with E-state index in [1.807, 2.05) is 0 Å². The topological polar surface area (TPSA) is 53.2 Å². The molecule has 92 valence electrons. The first kappa shape index (κ1) is 11.9. The normalized spacial score (nSPS) is 35.7. The highest BCUT2D eigenvalue weighted by Crippen LogP contribution is 2.13. The van der Waals surface area contributed by atoms with Crippen LogP contribution >= 0.6 is 0 Å². The third-order valence-corrected chi connectivity index (χ3v) is 3.76. The van der Waals surface area contributed by atoms with Crippen molar-refractivity contribution in [3.05, 3.63) is 0 Å². The maximum atomic E-state index is 12.0. The minimum Gasteiger partial charge on any atom is -0.352 e. The number of nitrogens with one attached hydrogen (secondary N) is 3. The van der Waals surface area contributed by atoms with Crippen LogP contribution in [0.5, 0.6) is 0 Å². The first-order valence-electron chi connectivity index (χ1n) is 6.52. The maximum Gasteiger partial charge on any atom is 0.224 e. The van der Waals surface area contributed by atoms with Crippen molar-refractivity contribution < 1.29 is 4.79 Å². The van der Waals surface area contributed by atoms with E-state index in [1.165, 1.54) is 0 Å². The fourth-order valence-corrected chi connectivity index (χ4v) is 2.62. The van der Waals surface area contributed by atoms with Crippen molar-refractivity contribution in [3.63, 3.8) is 0 Å². The minimum absolute atomic E-state index is 0.183. The van der Waals surface area contributed by atoms with E-state index >= 15 is 0 Å². The second-order valence-corrected chi connectivity index (χ2v) is 5.04. The largest absolute Gasteiger partial charge is 0.352 e. The smallest absolute Gasteiger partial charge is 0.224 e. The Morgan fingerprint density at radius 2 is 2.06 bits per heavy atom. The summed E-state index contributed by atoms with van der Waals surface area (Å²) in [6.45, 7) is 5.15. The van der Waals surface area contributed by atoms with Crippen LogP contribution in [-0.2, 0) is 4.79 Å². The molecule has 0 radical (unpaired) electrons. The minimum atomic E-state index is 0.183. The van der Waals surface area contributed by atoms with Gasteiger partial charge in [-0.2, -0.15) is 0 Å². The SMILES string of the molecule is CC1NCCCC1NC(=O)C1CCCNC1. The fraction of sp³-hybridized carbons (Fsp3) is 0.917. The van der Waals surface area contributed by atoms with E-state index in [9.17, 15) is 4.79 Å². The molecule has 3 atom stereocenters. The molecule has 0 aromatic heterocycles. The van der Waals surface area contributed by atoms with Crippen LogP contribution < -0.4 is 16.0 Å². The lowest BCUT2D eigenvalue weighted by Gasteiger charge is -2.32. The molecule has 2 heterocycles. The second-order valence-electron chi connectivity index (χ2n) is 5.04. The number of amides is 1. The summed E-state index contributed by atoms with van der Waals surface area (Å²) in [4.78, 5) is 12.0. The van der Waals surface area contributed by atoms with Crippen LogP contribution in [0, 0.1) is 5.92 Å². The molecule has 0 bridgehead atoms. The summed E-state index contributed by atoms with van der Waals surface area (Å²) >= 11 is 0. The van der Waals surface area contributed by atoms with Gasteiger partial charge in [0.05, 0.1) is 5.92 Å². The molecule has 0 aromatic carbocycles. The van der Waals surface area contributed by atoms with Gasteiger partial charge in [-0.25, -0.2) is 0 Å². The summed E-state index contributed by atoms with van der Waals surface area (Å²) in [7, 11) is 0. The maximum absolute atomic E-state index is 12.0. The predicted molar refractivity (Wildman–Crippen MR) is 64.2 cm³/mol. The van der Waals surface area contributed by atoms with Crippen molar-refractivity contribution in [2.75, 3.05) is 19.6 Å². The number of piperidine rings is 2. The van der Waals surface area contributed by atoms with Crippen LogP contribution in [0.4, 0.5) is 0 Å². The van der Waals surface area contributed by atoms with Gasteiger partial charge in [-0.3, -0.25) is 4.79 Å². The van der Waals surface area contributed by atoms with E-state index in [1.54, 1.807) is 0 Å². The zero-order valence-electron chi connectivity index (χ0n) is 10.1. The van der Waals surface area contributed by atoms with Gasteiger partial charge in [-0.05, 0) is 45.7 Å². The highest BCUT2D eigenvalue weighted by atomic mass is 16.2. The summed E-state index contributed by atoms with van der Waals surface area (Å²) in [5.74, 6) is 0.427. The monoisotopic (exact) mass is 225 g/mol. The van der Waals surface area contributed by atoms with Gasteiger partial charge >= 0.3 is 0 Å². The van der Waals surface area contributed by atoms with Crippen molar-refractivity contribution in [2.24, 2.45) is 5.92 Å². The number of hydrogen-bond acceptors (Lipinski definition) is 3. The molecule has 4 heteroatoms. The lowest BCUT2D eigenvalue weighted by Crippen LogP contribution is -2.54. The van der Waals surface area contributed by atoms with Gasteiger partial charge in [0.25, 0.3) is 0 Å². The van der Waals surface area contributed by atoms with E-state index < -0.39 is 0 Å². The van der Waals surface area contributed by atoms with Crippen molar-refractivity contribution in [3.8, 4) is 0 Å². The molecule has 2 rings (SSSR count). The van der Waals surface area contributed by atoms with Crippen LogP contribution in [-0.4, -0.2) is 37.6 Å². The van der Waals surface area contributed by atoms with Gasteiger partial charge < -0.3 is 16.0 Å². The molecule has 2 fully saturated rings. The summed E-state index contributed by atoms with van der Waals surface area (Å²) in [5.41, 5.74) is 0. The number of rotatable bonds is 2. The van der Waals surface area contributed by atoms with Crippen molar-refractivity contribution in [2.45, 2.75) is 44.7 Å². The second kappa shape index (κ2) is 5.64. The van der Waals surface area contributed by atoms with Crippen LogP contribution in [0.2, 0.25) is 0 Å². The molecule has 1 amide bonds. The van der Waals surface area contributed by atoms with Gasteiger partial charge in [0.1, 0.15) is 0 Å². The molecule has 3 unspecified atom stereocenters. The fourth-order valence-electron chi connectivity index (χ4n) is 2.62. The zero-order valence-corrected chi connectivity index (χ0v) is 10.1. The number of carbonyl (C=O) groups is 1. The Bertz CT molecular complexity index is 238. The molecule has 0 saturated carbocycles. The van der Waals surface area contributed by atoms with Crippen LogP contribution in [0.15, 0.2) is 0 Å². The quantitative estimate of drug-likeness (QED) is 0.631. The van der Waals surface area contributed by atoms with Gasteiger partial charge in [0.15, 0.2) is 0 Å². The molecule has 0 spiro atoms. The molecule has 4 nitrogen and oxygen atoms in total. The molecule has 2 saturated heterocycles. The highest BCUT2D eigenvalue weighted by molar-refractivity contribution is 5.79. The van der Waals surface area contributed by atoms with Gasteiger partial charge in [0.2, 0.25) is 5.91 Å². The lowest BCUT2D eigenvalue weighted by molar-refractivity contribution is -0.126. The molecule has 16 heavy (non-hydrogen) atoms. The first-order chi connectivity index (χ1) is 7.77. The van der Waals surface area contributed by atoms with Crippen LogP contribution in [0.1, 0.15) is 32.6 Å². The Labute approximate surface area is 97.6 Å². The van der Waals surface area contributed by atoms with E-state index in [0.29, 0.717) is 12.1 Å². The zero-order chi connectivity index (χ0) is 11.4. The van der Waals surface area contributed by atoms with Gasteiger partial charge in [-0.1, -0.05) is 0 Å². The lowest BCUT2D eigenvalue weighted by atomic mass is 9.95. The summed E-state index contributed by atoms with van der Waals surface area (Å²) in [5, 5.41) is 9.89. The molecule has 2 aliphatic heterocycles. The Kier molecular flexibility index (Phi) is 4.18. The Morgan fingerprint density at radius 1 is 1.25 bits per heavy atom. The summed E-state index contributed by atoms with van der Waals surface area (Å²) < 4.78 is 0. The predicted octanol–water partition coefficient (Wildman–Crippen LogP) is 0.243. The van der Waals surface area contributed by atoms with E-state index in [4.69, 9.17) is 0 Å². The Hall–Kier alpha value is -0.610. The van der Waals surface area contributed by atoms with Crippen LogP contribution in [0.3, 0.4) is 0 Å². The average Bonchev–Trinajstić information content (AvgIpc) is 2.33. The standard InChI is InChI=1S/C12H23N3O/c1-9-11(5-3-7-14-9)15-12(16)10-4-2-6-13-8-10/h9-11,13-14H,2-8H2,1H3,(H,15,16). The van der Waals surface area contributed by atoms with E-state index in [2.05, 4.69) is 22.9 Å². The highest BCUT2D eigenvalue weighted by Gasteiger charge is 2.26. The van der Waals surface area contributed by atoms with Crippen molar-refractivity contribution >= 4 is 5.91 Å². The van der Waals surface area contributed by atoms with Gasteiger partial charge in [-0.15, -0.1) is 0 Å². The molecular weight excluding hydrogens is 202 g/mol. The third-order valence-electron chi connectivity index (χ3n) is 3.76. The number of hydrogen-bond donors (Lipinski definition) is 3. The number of carbonyl (C=O) groups excluding carboxylic acids is 1. The molecule has 0 aromatic rings. The Morgan fingerprint density at radius 3 is 2.75 bits per heavy atom. The Balaban J connectivity index is 1.80. The van der Waals surface area contributed by atoms with E-state index in [-0.39, 0.29) is 11.8 Å². The first-order valence-corrected chi connectivity index (χ1v) is 6.52. The molecular formula is C12H23N3O.